The van der Waals surface area contributed by atoms with Crippen molar-refractivity contribution in [3.63, 3.8) is 0 Å². The van der Waals surface area contributed by atoms with Crippen molar-refractivity contribution in [1.82, 2.24) is 9.97 Å². The Balaban J connectivity index is 2.22. The van der Waals surface area contributed by atoms with Gasteiger partial charge in [-0.3, -0.25) is 0 Å². The Hall–Kier alpha value is -2.00. The number of nitrogens with zero attached hydrogens (tertiary/aromatic N) is 1. The first-order valence-electron chi connectivity index (χ1n) is 5.66. The van der Waals surface area contributed by atoms with E-state index in [1.807, 2.05) is 43.3 Å². The maximum absolute atomic E-state index is 5.96. The second kappa shape index (κ2) is 4.03. The number of rotatable bonds is 1. The number of anilines is 1. The first kappa shape index (κ1) is 11.1. The van der Waals surface area contributed by atoms with E-state index >= 15 is 0 Å². The highest BCUT2D eigenvalue weighted by molar-refractivity contribution is 6.31. The Morgan fingerprint density at radius 1 is 1.22 bits per heavy atom. The lowest BCUT2D eigenvalue weighted by molar-refractivity contribution is 1.31. The fraction of sp³-hybridized carbons (Fsp3) is 0.0714. The van der Waals surface area contributed by atoms with Crippen LogP contribution in [0.3, 0.4) is 0 Å². The minimum atomic E-state index is 0.696. The third kappa shape index (κ3) is 1.73. The van der Waals surface area contributed by atoms with Crippen LogP contribution in [0, 0.1) is 6.92 Å². The molecule has 0 spiro atoms. The van der Waals surface area contributed by atoms with E-state index in [9.17, 15) is 0 Å². The number of hydrogen-bond acceptors (Lipinski definition) is 2. The topological polar surface area (TPSA) is 54.7 Å². The van der Waals surface area contributed by atoms with Crippen molar-refractivity contribution in [3.8, 4) is 11.4 Å². The van der Waals surface area contributed by atoms with E-state index in [-0.39, 0.29) is 0 Å². The van der Waals surface area contributed by atoms with Crippen LogP contribution in [0.15, 0.2) is 36.4 Å². The maximum Gasteiger partial charge on any atom is 0.138 e. The SMILES string of the molecule is Cc1c(N)cccc1-c1nc2ccc(Cl)cc2[nH]1. The summed E-state index contributed by atoms with van der Waals surface area (Å²) in [5.41, 5.74) is 10.6. The van der Waals surface area contributed by atoms with E-state index in [1.165, 1.54) is 0 Å². The number of nitrogen functional groups attached to an aromatic ring is 1. The average Bonchev–Trinajstić information content (AvgIpc) is 2.75. The Bertz CT molecular complexity index is 731. The number of halogens is 1. The molecular formula is C14H12ClN3. The van der Waals surface area contributed by atoms with E-state index in [0.717, 1.165) is 33.7 Å². The number of aromatic amines is 1. The quantitative estimate of drug-likeness (QED) is 0.652. The molecule has 3 rings (SSSR count). The van der Waals surface area contributed by atoms with Crippen LogP contribution in [0.1, 0.15) is 5.56 Å². The van der Waals surface area contributed by atoms with Crippen molar-refractivity contribution in [3.05, 3.63) is 47.0 Å². The number of imidazole rings is 1. The van der Waals surface area contributed by atoms with Crippen LogP contribution in [-0.4, -0.2) is 9.97 Å². The molecule has 0 fully saturated rings. The van der Waals surface area contributed by atoms with Crippen LogP contribution < -0.4 is 5.73 Å². The predicted molar refractivity (Wildman–Crippen MR) is 75.7 cm³/mol. The van der Waals surface area contributed by atoms with Crippen LogP contribution in [0.25, 0.3) is 22.4 Å². The van der Waals surface area contributed by atoms with Gasteiger partial charge in [0.15, 0.2) is 0 Å². The summed E-state index contributed by atoms with van der Waals surface area (Å²) >= 11 is 5.96. The molecule has 0 aliphatic heterocycles. The van der Waals surface area contributed by atoms with Crippen molar-refractivity contribution in [2.24, 2.45) is 0 Å². The average molecular weight is 258 g/mol. The molecule has 0 radical (unpaired) electrons. The smallest absolute Gasteiger partial charge is 0.138 e. The van der Waals surface area contributed by atoms with E-state index < -0.39 is 0 Å². The number of fused-ring (bicyclic) bond motifs is 1. The number of nitrogens with one attached hydrogen (secondary N) is 1. The molecule has 0 atom stereocenters. The van der Waals surface area contributed by atoms with Gasteiger partial charge in [0, 0.05) is 16.3 Å². The summed E-state index contributed by atoms with van der Waals surface area (Å²) in [4.78, 5) is 7.83. The van der Waals surface area contributed by atoms with Gasteiger partial charge in [0.05, 0.1) is 11.0 Å². The molecule has 4 heteroatoms. The molecule has 0 saturated heterocycles. The summed E-state index contributed by atoms with van der Waals surface area (Å²) in [5, 5.41) is 0.696. The zero-order valence-electron chi connectivity index (χ0n) is 9.87. The lowest BCUT2D eigenvalue weighted by Gasteiger charge is -2.04. The van der Waals surface area contributed by atoms with Gasteiger partial charge in [-0.05, 0) is 36.8 Å². The largest absolute Gasteiger partial charge is 0.398 e. The van der Waals surface area contributed by atoms with Gasteiger partial charge in [-0.25, -0.2) is 4.98 Å². The molecule has 3 nitrogen and oxygen atoms in total. The molecule has 1 aromatic heterocycles. The van der Waals surface area contributed by atoms with E-state index in [4.69, 9.17) is 17.3 Å². The fourth-order valence-corrected chi connectivity index (χ4v) is 2.19. The van der Waals surface area contributed by atoms with Crippen molar-refractivity contribution < 1.29 is 0 Å². The van der Waals surface area contributed by atoms with Crippen LogP contribution in [0.5, 0.6) is 0 Å². The highest BCUT2D eigenvalue weighted by Crippen LogP contribution is 2.27. The third-order valence-corrected chi connectivity index (χ3v) is 3.31. The van der Waals surface area contributed by atoms with Gasteiger partial charge in [-0.2, -0.15) is 0 Å². The Kier molecular flexibility index (Phi) is 2.49. The maximum atomic E-state index is 5.96. The highest BCUT2D eigenvalue weighted by atomic mass is 35.5. The molecular weight excluding hydrogens is 246 g/mol. The Morgan fingerprint density at radius 2 is 2.06 bits per heavy atom. The molecule has 0 unspecified atom stereocenters. The first-order valence-corrected chi connectivity index (χ1v) is 6.03. The van der Waals surface area contributed by atoms with Crippen LogP contribution >= 0.6 is 11.6 Å². The number of benzene rings is 2. The molecule has 18 heavy (non-hydrogen) atoms. The van der Waals surface area contributed by atoms with Crippen LogP contribution in [0.4, 0.5) is 5.69 Å². The summed E-state index contributed by atoms with van der Waals surface area (Å²) in [6.07, 6.45) is 0. The van der Waals surface area contributed by atoms with Gasteiger partial charge in [-0.1, -0.05) is 23.7 Å². The first-order chi connectivity index (χ1) is 8.65. The van der Waals surface area contributed by atoms with Gasteiger partial charge in [0.1, 0.15) is 5.82 Å². The zero-order chi connectivity index (χ0) is 12.7. The molecule has 0 bridgehead atoms. The summed E-state index contributed by atoms with van der Waals surface area (Å²) in [6, 6.07) is 11.4. The molecule has 3 aromatic rings. The zero-order valence-corrected chi connectivity index (χ0v) is 10.6. The molecule has 0 saturated carbocycles. The van der Waals surface area contributed by atoms with Gasteiger partial charge in [-0.15, -0.1) is 0 Å². The summed E-state index contributed by atoms with van der Waals surface area (Å²) in [7, 11) is 0. The minimum absolute atomic E-state index is 0.696. The van der Waals surface area contributed by atoms with Crippen molar-refractivity contribution in [1.29, 1.82) is 0 Å². The molecule has 0 aliphatic rings. The van der Waals surface area contributed by atoms with Crippen molar-refractivity contribution >= 4 is 28.3 Å². The molecule has 0 aliphatic carbocycles. The fourth-order valence-electron chi connectivity index (χ4n) is 2.02. The molecule has 0 amide bonds. The predicted octanol–water partition coefficient (Wildman–Crippen LogP) is 3.77. The number of aromatic nitrogens is 2. The number of H-pyrrole nitrogens is 1. The lowest BCUT2D eigenvalue weighted by atomic mass is 10.1. The van der Waals surface area contributed by atoms with Gasteiger partial charge in [0.2, 0.25) is 0 Å². The van der Waals surface area contributed by atoms with E-state index in [0.29, 0.717) is 5.02 Å². The van der Waals surface area contributed by atoms with E-state index in [2.05, 4.69) is 9.97 Å². The highest BCUT2D eigenvalue weighted by Gasteiger charge is 2.09. The molecule has 2 aromatic carbocycles. The second-order valence-corrected chi connectivity index (χ2v) is 4.70. The van der Waals surface area contributed by atoms with E-state index in [1.54, 1.807) is 0 Å². The number of nitrogens with two attached hydrogens (primary N) is 1. The van der Waals surface area contributed by atoms with Crippen LogP contribution in [0.2, 0.25) is 5.02 Å². The molecule has 1 heterocycles. The number of hydrogen-bond donors (Lipinski definition) is 2. The van der Waals surface area contributed by atoms with Gasteiger partial charge in [0.25, 0.3) is 0 Å². The molecule has 3 N–H and O–H groups in total. The standard InChI is InChI=1S/C14H12ClN3/c1-8-10(3-2-4-11(8)16)14-17-12-6-5-9(15)7-13(12)18-14/h2-7H,16H2,1H3,(H,17,18). The second-order valence-electron chi connectivity index (χ2n) is 4.27. The van der Waals surface area contributed by atoms with Gasteiger partial charge < -0.3 is 10.7 Å². The monoisotopic (exact) mass is 257 g/mol. The summed E-state index contributed by atoms with van der Waals surface area (Å²) in [5.74, 6) is 0.817. The normalized spacial score (nSPS) is 11.0. The van der Waals surface area contributed by atoms with Crippen LogP contribution in [-0.2, 0) is 0 Å². The van der Waals surface area contributed by atoms with Crippen molar-refractivity contribution in [2.75, 3.05) is 5.73 Å². The van der Waals surface area contributed by atoms with Crippen molar-refractivity contribution in [2.45, 2.75) is 6.92 Å². The lowest BCUT2D eigenvalue weighted by Crippen LogP contribution is -1.92. The minimum Gasteiger partial charge on any atom is -0.398 e. The summed E-state index contributed by atoms with van der Waals surface area (Å²) < 4.78 is 0. The van der Waals surface area contributed by atoms with Gasteiger partial charge >= 0.3 is 0 Å². The Morgan fingerprint density at radius 3 is 2.89 bits per heavy atom. The molecule has 90 valence electrons. The third-order valence-electron chi connectivity index (χ3n) is 3.07. The summed E-state index contributed by atoms with van der Waals surface area (Å²) in [6.45, 7) is 1.99. The Labute approximate surface area is 110 Å².